The first-order chi connectivity index (χ1) is 8.36. The van der Waals surface area contributed by atoms with E-state index in [-0.39, 0.29) is 0 Å². The molecule has 0 saturated carbocycles. The molecule has 0 unspecified atom stereocenters. The van der Waals surface area contributed by atoms with E-state index in [1.807, 2.05) is 6.08 Å². The Morgan fingerprint density at radius 2 is 2.18 bits per heavy atom. The molecule has 0 aliphatic rings. The minimum atomic E-state index is 0.872. The molecule has 0 atom stereocenters. The van der Waals surface area contributed by atoms with Crippen LogP contribution in [0.4, 0.5) is 0 Å². The first-order valence-electron chi connectivity index (χ1n) is 6.25. The highest BCUT2D eigenvalue weighted by Gasteiger charge is 2.06. The Morgan fingerprint density at radius 1 is 1.35 bits per heavy atom. The number of nitrogens with one attached hydrogen (secondary N) is 1. The number of nitrogens with zero attached hydrogens (tertiary/aromatic N) is 1. The topological polar surface area (TPSA) is 17.0 Å². The van der Waals surface area contributed by atoms with E-state index in [0.29, 0.717) is 0 Å². The SMILES string of the molecule is C=CCn1c(CNCCC)cc2ccccc21. The molecule has 0 aliphatic heterocycles. The fourth-order valence-electron chi connectivity index (χ4n) is 2.15. The van der Waals surface area contributed by atoms with Crippen molar-refractivity contribution in [3.8, 4) is 0 Å². The van der Waals surface area contributed by atoms with Crippen LogP contribution in [0.15, 0.2) is 43.0 Å². The van der Waals surface area contributed by atoms with Crippen LogP contribution in [0.2, 0.25) is 0 Å². The van der Waals surface area contributed by atoms with Crippen molar-refractivity contribution < 1.29 is 0 Å². The molecule has 0 radical (unpaired) electrons. The minimum Gasteiger partial charge on any atom is -0.339 e. The van der Waals surface area contributed by atoms with E-state index in [9.17, 15) is 0 Å². The lowest BCUT2D eigenvalue weighted by molar-refractivity contribution is 0.639. The van der Waals surface area contributed by atoms with Gasteiger partial charge in [-0.05, 0) is 30.5 Å². The van der Waals surface area contributed by atoms with E-state index in [0.717, 1.165) is 19.6 Å². The second-order valence-corrected chi connectivity index (χ2v) is 4.27. The molecule has 0 bridgehead atoms. The Labute approximate surface area is 103 Å². The summed E-state index contributed by atoms with van der Waals surface area (Å²) in [5.74, 6) is 0. The summed E-state index contributed by atoms with van der Waals surface area (Å²) in [6.45, 7) is 8.89. The molecule has 17 heavy (non-hydrogen) atoms. The van der Waals surface area contributed by atoms with Crippen molar-refractivity contribution in [3.05, 3.63) is 48.7 Å². The maximum atomic E-state index is 3.84. The van der Waals surface area contributed by atoms with Gasteiger partial charge in [-0.1, -0.05) is 31.2 Å². The second kappa shape index (κ2) is 5.69. The number of hydrogen-bond donors (Lipinski definition) is 1. The fraction of sp³-hybridized carbons (Fsp3) is 0.333. The summed E-state index contributed by atoms with van der Waals surface area (Å²) in [4.78, 5) is 0. The Balaban J connectivity index is 2.32. The van der Waals surface area contributed by atoms with Gasteiger partial charge in [-0.25, -0.2) is 0 Å². The fourth-order valence-corrected chi connectivity index (χ4v) is 2.15. The number of allylic oxidation sites excluding steroid dienone is 1. The molecule has 2 heteroatoms. The first-order valence-corrected chi connectivity index (χ1v) is 6.25. The van der Waals surface area contributed by atoms with E-state index < -0.39 is 0 Å². The summed E-state index contributed by atoms with van der Waals surface area (Å²) in [5, 5.41) is 4.76. The number of rotatable bonds is 6. The van der Waals surface area contributed by atoms with Crippen molar-refractivity contribution in [1.29, 1.82) is 0 Å². The number of benzene rings is 1. The zero-order valence-corrected chi connectivity index (χ0v) is 10.4. The highest BCUT2D eigenvalue weighted by atomic mass is 15.0. The first kappa shape index (κ1) is 11.9. The maximum Gasteiger partial charge on any atom is 0.0485 e. The number of para-hydroxylation sites is 1. The molecule has 1 aromatic heterocycles. The van der Waals surface area contributed by atoms with Crippen LogP contribution in [0, 0.1) is 0 Å². The summed E-state index contributed by atoms with van der Waals surface area (Å²) >= 11 is 0. The van der Waals surface area contributed by atoms with Crippen molar-refractivity contribution in [2.75, 3.05) is 6.54 Å². The van der Waals surface area contributed by atoms with Crippen LogP contribution in [0.5, 0.6) is 0 Å². The van der Waals surface area contributed by atoms with E-state index in [2.05, 4.69) is 53.7 Å². The third-order valence-corrected chi connectivity index (χ3v) is 2.94. The number of fused-ring (bicyclic) bond motifs is 1. The van der Waals surface area contributed by atoms with Crippen LogP contribution in [-0.2, 0) is 13.1 Å². The standard InChI is InChI=1S/C15H20N2/c1-3-9-16-12-14-11-13-7-5-6-8-15(13)17(14)10-4-2/h4-8,11,16H,2-3,9-10,12H2,1H3. The minimum absolute atomic E-state index is 0.872. The Morgan fingerprint density at radius 3 is 2.94 bits per heavy atom. The van der Waals surface area contributed by atoms with Gasteiger partial charge < -0.3 is 9.88 Å². The van der Waals surface area contributed by atoms with Gasteiger partial charge in [0.05, 0.1) is 0 Å². The van der Waals surface area contributed by atoms with Crippen molar-refractivity contribution in [3.63, 3.8) is 0 Å². The van der Waals surface area contributed by atoms with Gasteiger partial charge in [-0.2, -0.15) is 0 Å². The molecular weight excluding hydrogens is 208 g/mol. The van der Waals surface area contributed by atoms with Gasteiger partial charge in [0.2, 0.25) is 0 Å². The highest BCUT2D eigenvalue weighted by Crippen LogP contribution is 2.19. The highest BCUT2D eigenvalue weighted by molar-refractivity contribution is 5.81. The van der Waals surface area contributed by atoms with E-state index >= 15 is 0 Å². The lowest BCUT2D eigenvalue weighted by Crippen LogP contribution is -2.16. The van der Waals surface area contributed by atoms with E-state index in [4.69, 9.17) is 0 Å². The molecule has 1 heterocycles. The lowest BCUT2D eigenvalue weighted by atomic mass is 10.2. The molecule has 2 aromatic rings. The molecule has 0 fully saturated rings. The molecule has 1 N–H and O–H groups in total. The number of aromatic nitrogens is 1. The molecule has 90 valence electrons. The van der Waals surface area contributed by atoms with Gasteiger partial charge in [0.1, 0.15) is 0 Å². The maximum absolute atomic E-state index is 3.84. The summed E-state index contributed by atoms with van der Waals surface area (Å²) in [6, 6.07) is 10.8. The van der Waals surface area contributed by atoms with Gasteiger partial charge in [0, 0.05) is 24.3 Å². The average molecular weight is 228 g/mol. The lowest BCUT2D eigenvalue weighted by Gasteiger charge is -2.08. The van der Waals surface area contributed by atoms with Crippen LogP contribution < -0.4 is 5.32 Å². The van der Waals surface area contributed by atoms with Crippen molar-refractivity contribution in [2.24, 2.45) is 0 Å². The third kappa shape index (κ3) is 2.59. The molecular formula is C15H20N2. The summed E-state index contributed by atoms with van der Waals surface area (Å²) in [7, 11) is 0. The molecule has 2 rings (SSSR count). The predicted molar refractivity (Wildman–Crippen MR) is 74.1 cm³/mol. The molecule has 1 aromatic carbocycles. The number of hydrogen-bond acceptors (Lipinski definition) is 1. The zero-order valence-electron chi connectivity index (χ0n) is 10.4. The van der Waals surface area contributed by atoms with Crippen LogP contribution in [0.1, 0.15) is 19.0 Å². The van der Waals surface area contributed by atoms with Crippen LogP contribution in [0.25, 0.3) is 10.9 Å². The Hall–Kier alpha value is -1.54. The second-order valence-electron chi connectivity index (χ2n) is 4.27. The molecule has 2 nitrogen and oxygen atoms in total. The summed E-state index contributed by atoms with van der Waals surface area (Å²) in [6.07, 6.45) is 3.12. The Kier molecular flexibility index (Phi) is 3.99. The molecule has 0 aliphatic carbocycles. The predicted octanol–water partition coefficient (Wildman–Crippen LogP) is 3.33. The van der Waals surface area contributed by atoms with Gasteiger partial charge in [-0.3, -0.25) is 0 Å². The van der Waals surface area contributed by atoms with E-state index in [1.165, 1.54) is 23.0 Å². The zero-order chi connectivity index (χ0) is 12.1. The molecule has 0 spiro atoms. The molecule has 0 saturated heterocycles. The van der Waals surface area contributed by atoms with Crippen LogP contribution in [-0.4, -0.2) is 11.1 Å². The van der Waals surface area contributed by atoms with Crippen molar-refractivity contribution in [1.82, 2.24) is 9.88 Å². The normalized spacial score (nSPS) is 10.9. The monoisotopic (exact) mass is 228 g/mol. The van der Waals surface area contributed by atoms with Gasteiger partial charge in [0.15, 0.2) is 0 Å². The van der Waals surface area contributed by atoms with Crippen LogP contribution in [0.3, 0.4) is 0 Å². The van der Waals surface area contributed by atoms with Gasteiger partial charge in [-0.15, -0.1) is 6.58 Å². The van der Waals surface area contributed by atoms with Crippen LogP contribution >= 0.6 is 0 Å². The molecule has 0 amide bonds. The average Bonchev–Trinajstić information content (AvgIpc) is 2.69. The van der Waals surface area contributed by atoms with Gasteiger partial charge in [0.25, 0.3) is 0 Å². The third-order valence-electron chi connectivity index (χ3n) is 2.94. The quantitative estimate of drug-likeness (QED) is 0.593. The van der Waals surface area contributed by atoms with E-state index in [1.54, 1.807) is 0 Å². The smallest absolute Gasteiger partial charge is 0.0485 e. The summed E-state index contributed by atoms with van der Waals surface area (Å²) < 4.78 is 2.32. The van der Waals surface area contributed by atoms with Crippen molar-refractivity contribution >= 4 is 10.9 Å². The largest absolute Gasteiger partial charge is 0.339 e. The summed E-state index contributed by atoms with van der Waals surface area (Å²) in [5.41, 5.74) is 2.63. The van der Waals surface area contributed by atoms with Crippen molar-refractivity contribution in [2.45, 2.75) is 26.4 Å². The Bertz CT molecular complexity index is 497. The van der Waals surface area contributed by atoms with Gasteiger partial charge >= 0.3 is 0 Å².